The standard InChI is InChI=1S/C20H28FN5O/c1-13-10-16(21)7-8-19(13)26-9-5-6-17(12-26)23-20(27)22-11-18-14(2)24-25(4)15(18)3/h7-8,10,17H,5-6,9,11-12H2,1-4H3,(H2,22,23,27). The summed E-state index contributed by atoms with van der Waals surface area (Å²) < 4.78 is 15.2. The van der Waals surface area contributed by atoms with Crippen LogP contribution in [0.2, 0.25) is 0 Å². The Morgan fingerprint density at radius 3 is 2.78 bits per heavy atom. The van der Waals surface area contributed by atoms with Gasteiger partial charge in [0.15, 0.2) is 0 Å². The highest BCUT2D eigenvalue weighted by molar-refractivity contribution is 5.74. The molecule has 0 aliphatic carbocycles. The number of nitrogens with one attached hydrogen (secondary N) is 2. The number of aromatic nitrogens is 2. The van der Waals surface area contributed by atoms with Crippen molar-refractivity contribution in [1.82, 2.24) is 20.4 Å². The molecule has 1 aliphatic rings. The molecule has 3 rings (SSSR count). The predicted molar refractivity (Wildman–Crippen MR) is 104 cm³/mol. The van der Waals surface area contributed by atoms with Gasteiger partial charge in [0, 0.05) is 49.7 Å². The van der Waals surface area contributed by atoms with Gasteiger partial charge in [-0.25, -0.2) is 9.18 Å². The van der Waals surface area contributed by atoms with Crippen LogP contribution in [-0.4, -0.2) is 34.9 Å². The van der Waals surface area contributed by atoms with Gasteiger partial charge in [-0.15, -0.1) is 0 Å². The zero-order valence-electron chi connectivity index (χ0n) is 16.5. The Hall–Kier alpha value is -2.57. The molecular formula is C20H28FN5O. The Balaban J connectivity index is 1.56. The number of anilines is 1. The molecule has 1 unspecified atom stereocenters. The number of nitrogens with zero attached hydrogens (tertiary/aromatic N) is 3. The first-order chi connectivity index (χ1) is 12.8. The first kappa shape index (κ1) is 19.2. The predicted octanol–water partition coefficient (Wildman–Crippen LogP) is 2.95. The van der Waals surface area contributed by atoms with E-state index in [0.29, 0.717) is 6.54 Å². The number of halogens is 1. The van der Waals surface area contributed by atoms with Crippen LogP contribution in [0.5, 0.6) is 0 Å². The quantitative estimate of drug-likeness (QED) is 0.866. The number of carbonyl (C=O) groups excluding carboxylic acids is 1. The lowest BCUT2D eigenvalue weighted by molar-refractivity contribution is 0.234. The lowest BCUT2D eigenvalue weighted by atomic mass is 10.0. The zero-order chi connectivity index (χ0) is 19.6. The van der Waals surface area contributed by atoms with Gasteiger partial charge < -0.3 is 15.5 Å². The fraction of sp³-hybridized carbons (Fsp3) is 0.500. The van der Waals surface area contributed by atoms with E-state index >= 15 is 0 Å². The summed E-state index contributed by atoms with van der Waals surface area (Å²) in [6, 6.07) is 4.77. The summed E-state index contributed by atoms with van der Waals surface area (Å²) in [7, 11) is 1.90. The average Bonchev–Trinajstić information content (AvgIpc) is 2.85. The molecule has 146 valence electrons. The molecule has 0 bridgehead atoms. The van der Waals surface area contributed by atoms with Crippen LogP contribution in [0.25, 0.3) is 0 Å². The molecule has 0 saturated carbocycles. The van der Waals surface area contributed by atoms with Gasteiger partial charge >= 0.3 is 6.03 Å². The minimum Gasteiger partial charge on any atom is -0.369 e. The van der Waals surface area contributed by atoms with Crippen molar-refractivity contribution in [2.45, 2.75) is 46.2 Å². The molecule has 1 aromatic carbocycles. The summed E-state index contributed by atoms with van der Waals surface area (Å²) in [6.45, 7) is 7.97. The summed E-state index contributed by atoms with van der Waals surface area (Å²) in [4.78, 5) is 14.6. The van der Waals surface area contributed by atoms with E-state index in [4.69, 9.17) is 0 Å². The van der Waals surface area contributed by atoms with Crippen molar-refractivity contribution in [2.75, 3.05) is 18.0 Å². The lowest BCUT2D eigenvalue weighted by Crippen LogP contribution is -2.50. The molecule has 6 nitrogen and oxygen atoms in total. The summed E-state index contributed by atoms with van der Waals surface area (Å²) in [5.74, 6) is -0.219. The molecule has 2 heterocycles. The minimum absolute atomic E-state index is 0.0688. The fourth-order valence-corrected chi connectivity index (χ4v) is 3.77. The number of carbonyl (C=O) groups is 1. The summed E-state index contributed by atoms with van der Waals surface area (Å²) in [5, 5.41) is 10.4. The van der Waals surface area contributed by atoms with E-state index in [2.05, 4.69) is 20.6 Å². The van der Waals surface area contributed by atoms with Gasteiger partial charge in [0.25, 0.3) is 0 Å². The van der Waals surface area contributed by atoms with Crippen LogP contribution in [0.3, 0.4) is 0 Å². The highest BCUT2D eigenvalue weighted by Crippen LogP contribution is 2.24. The van der Waals surface area contributed by atoms with Gasteiger partial charge in [0.05, 0.1) is 5.69 Å². The molecule has 1 fully saturated rings. The summed E-state index contributed by atoms with van der Waals surface area (Å²) in [6.07, 6.45) is 1.93. The Kier molecular flexibility index (Phi) is 5.68. The maximum absolute atomic E-state index is 13.4. The van der Waals surface area contributed by atoms with Gasteiger partial charge in [0.1, 0.15) is 5.82 Å². The van der Waals surface area contributed by atoms with Crippen molar-refractivity contribution in [3.63, 3.8) is 0 Å². The highest BCUT2D eigenvalue weighted by atomic mass is 19.1. The van der Waals surface area contributed by atoms with Crippen molar-refractivity contribution in [1.29, 1.82) is 0 Å². The van der Waals surface area contributed by atoms with Crippen molar-refractivity contribution < 1.29 is 9.18 Å². The third kappa shape index (κ3) is 4.40. The van der Waals surface area contributed by atoms with Crippen LogP contribution in [0.15, 0.2) is 18.2 Å². The molecule has 1 aromatic heterocycles. The summed E-state index contributed by atoms with van der Waals surface area (Å²) in [5.41, 5.74) is 5.00. The molecule has 0 radical (unpaired) electrons. The number of amides is 2. The molecule has 1 aliphatic heterocycles. The number of rotatable bonds is 4. The van der Waals surface area contributed by atoms with E-state index in [1.165, 1.54) is 6.07 Å². The van der Waals surface area contributed by atoms with Gasteiger partial charge in [-0.05, 0) is 57.4 Å². The van der Waals surface area contributed by atoms with E-state index in [1.807, 2.05) is 38.6 Å². The molecule has 1 saturated heterocycles. The molecule has 0 spiro atoms. The van der Waals surface area contributed by atoms with Crippen LogP contribution in [0.1, 0.15) is 35.4 Å². The molecule has 1 atom stereocenters. The molecule has 2 aromatic rings. The minimum atomic E-state index is -0.219. The monoisotopic (exact) mass is 373 g/mol. The van der Waals surface area contributed by atoms with Crippen LogP contribution in [-0.2, 0) is 13.6 Å². The number of piperidine rings is 1. The van der Waals surface area contributed by atoms with Crippen molar-refractivity contribution in [3.8, 4) is 0 Å². The van der Waals surface area contributed by atoms with Crippen LogP contribution in [0, 0.1) is 26.6 Å². The smallest absolute Gasteiger partial charge is 0.315 e. The maximum atomic E-state index is 13.4. The maximum Gasteiger partial charge on any atom is 0.315 e. The lowest BCUT2D eigenvalue weighted by Gasteiger charge is -2.35. The Bertz CT molecular complexity index is 832. The van der Waals surface area contributed by atoms with E-state index < -0.39 is 0 Å². The van der Waals surface area contributed by atoms with Gasteiger partial charge in [-0.1, -0.05) is 0 Å². The van der Waals surface area contributed by atoms with E-state index in [-0.39, 0.29) is 17.9 Å². The van der Waals surface area contributed by atoms with E-state index in [1.54, 1.807) is 6.07 Å². The van der Waals surface area contributed by atoms with Crippen LogP contribution in [0.4, 0.5) is 14.9 Å². The van der Waals surface area contributed by atoms with Gasteiger partial charge in [-0.2, -0.15) is 5.10 Å². The number of hydrogen-bond acceptors (Lipinski definition) is 3. The van der Waals surface area contributed by atoms with E-state index in [0.717, 1.165) is 54.1 Å². The second kappa shape index (κ2) is 7.98. The topological polar surface area (TPSA) is 62.2 Å². The Morgan fingerprint density at radius 1 is 1.33 bits per heavy atom. The SMILES string of the molecule is Cc1cc(F)ccc1N1CCCC(NC(=O)NCc2c(C)nn(C)c2C)C1. The van der Waals surface area contributed by atoms with Crippen LogP contribution < -0.4 is 15.5 Å². The summed E-state index contributed by atoms with van der Waals surface area (Å²) >= 11 is 0. The second-order valence-electron chi connectivity index (χ2n) is 7.32. The molecular weight excluding hydrogens is 345 g/mol. The molecule has 2 amide bonds. The van der Waals surface area contributed by atoms with Crippen molar-refractivity contribution >= 4 is 11.7 Å². The Labute approximate surface area is 159 Å². The third-order valence-corrected chi connectivity index (χ3v) is 5.34. The Morgan fingerprint density at radius 2 is 2.11 bits per heavy atom. The molecule has 27 heavy (non-hydrogen) atoms. The number of urea groups is 1. The second-order valence-corrected chi connectivity index (χ2v) is 7.32. The number of hydrogen-bond donors (Lipinski definition) is 2. The molecule has 2 N–H and O–H groups in total. The zero-order valence-corrected chi connectivity index (χ0v) is 16.5. The average molecular weight is 373 g/mol. The molecule has 7 heteroatoms. The van der Waals surface area contributed by atoms with Gasteiger partial charge in [0.2, 0.25) is 0 Å². The normalized spacial score (nSPS) is 17.1. The van der Waals surface area contributed by atoms with Crippen molar-refractivity contribution in [2.24, 2.45) is 7.05 Å². The van der Waals surface area contributed by atoms with Gasteiger partial charge in [-0.3, -0.25) is 4.68 Å². The fourth-order valence-electron chi connectivity index (χ4n) is 3.77. The first-order valence-corrected chi connectivity index (χ1v) is 9.39. The number of benzene rings is 1. The highest BCUT2D eigenvalue weighted by Gasteiger charge is 2.23. The van der Waals surface area contributed by atoms with Crippen molar-refractivity contribution in [3.05, 3.63) is 46.5 Å². The third-order valence-electron chi connectivity index (χ3n) is 5.34. The van der Waals surface area contributed by atoms with Crippen LogP contribution >= 0.6 is 0 Å². The largest absolute Gasteiger partial charge is 0.369 e. The number of aryl methyl sites for hydroxylation is 3. The van der Waals surface area contributed by atoms with E-state index in [9.17, 15) is 9.18 Å². The first-order valence-electron chi connectivity index (χ1n) is 9.39.